The van der Waals surface area contributed by atoms with Gasteiger partial charge in [-0.3, -0.25) is 0 Å². The Hall–Kier alpha value is -6.22. The maximum absolute atomic E-state index is 2.43. The van der Waals surface area contributed by atoms with E-state index in [0.717, 1.165) is 17.1 Å². The van der Waals surface area contributed by atoms with Crippen LogP contribution in [0.25, 0.3) is 64.7 Å². The monoisotopic (exact) mass is 723 g/mol. The number of aryl methyl sites for hydroxylation is 2. The predicted octanol–water partition coefficient (Wildman–Crippen LogP) is 15.4. The molecule has 0 atom stereocenters. The van der Waals surface area contributed by atoms with E-state index in [1.54, 1.807) is 0 Å². The number of hydrogen-bond acceptors (Lipinski definition) is 2. The molecule has 0 saturated heterocycles. The first-order valence-electron chi connectivity index (χ1n) is 19.2. The maximum Gasteiger partial charge on any atom is 0.0540 e. The largest absolute Gasteiger partial charge is 0.310 e. The van der Waals surface area contributed by atoms with E-state index in [-0.39, 0.29) is 5.41 Å². The average Bonchev–Trinajstić information content (AvgIpc) is 3.71. The van der Waals surface area contributed by atoms with Crippen molar-refractivity contribution in [1.82, 2.24) is 0 Å². The van der Waals surface area contributed by atoms with Gasteiger partial charge in [-0.1, -0.05) is 153 Å². The number of anilines is 3. The minimum Gasteiger partial charge on any atom is -0.310 e. The molecule has 9 aromatic rings. The summed E-state index contributed by atoms with van der Waals surface area (Å²) in [6, 6.07) is 65.0. The van der Waals surface area contributed by atoms with Gasteiger partial charge >= 0.3 is 0 Å². The molecule has 1 nitrogen and oxygen atoms in total. The zero-order valence-corrected chi connectivity index (χ0v) is 32.4. The molecule has 2 heteroatoms. The molecule has 0 spiro atoms. The van der Waals surface area contributed by atoms with Crippen molar-refractivity contribution in [3.8, 4) is 44.5 Å². The first-order valence-corrected chi connectivity index (χ1v) is 20.0. The third-order valence-electron chi connectivity index (χ3n) is 11.6. The molecule has 0 aliphatic heterocycles. The van der Waals surface area contributed by atoms with Crippen LogP contribution in [-0.2, 0) is 5.41 Å². The van der Waals surface area contributed by atoms with Crippen LogP contribution in [0.5, 0.6) is 0 Å². The molecule has 0 amide bonds. The van der Waals surface area contributed by atoms with Gasteiger partial charge in [0, 0.05) is 42.5 Å². The van der Waals surface area contributed by atoms with E-state index in [1.165, 1.54) is 86.9 Å². The van der Waals surface area contributed by atoms with Crippen LogP contribution in [0, 0.1) is 13.8 Å². The predicted molar refractivity (Wildman–Crippen MR) is 237 cm³/mol. The lowest BCUT2D eigenvalue weighted by molar-refractivity contribution is 0.659. The van der Waals surface area contributed by atoms with Crippen LogP contribution in [0.15, 0.2) is 176 Å². The molecule has 0 bridgehead atoms. The molecular weight excluding hydrogens is 683 g/mol. The van der Waals surface area contributed by atoms with E-state index in [2.05, 4.69) is 209 Å². The van der Waals surface area contributed by atoms with Gasteiger partial charge in [-0.05, 0) is 112 Å². The lowest BCUT2D eigenvalue weighted by Crippen LogP contribution is -2.15. The van der Waals surface area contributed by atoms with Gasteiger partial charge in [0.25, 0.3) is 0 Å². The lowest BCUT2D eigenvalue weighted by atomic mass is 9.81. The van der Waals surface area contributed by atoms with Crippen LogP contribution in [0.3, 0.4) is 0 Å². The summed E-state index contributed by atoms with van der Waals surface area (Å²) in [6.45, 7) is 9.21. The highest BCUT2D eigenvalue weighted by atomic mass is 32.1. The summed E-state index contributed by atoms with van der Waals surface area (Å²) in [5, 5.41) is 2.65. The van der Waals surface area contributed by atoms with Crippen LogP contribution in [0.1, 0.15) is 36.1 Å². The summed E-state index contributed by atoms with van der Waals surface area (Å²) in [5.74, 6) is 0. The molecular formula is C53H41NS. The smallest absolute Gasteiger partial charge is 0.0540 e. The zero-order chi connectivity index (χ0) is 37.3. The van der Waals surface area contributed by atoms with Crippen LogP contribution in [0.2, 0.25) is 0 Å². The van der Waals surface area contributed by atoms with Crippen LogP contribution < -0.4 is 4.90 Å². The first-order chi connectivity index (χ1) is 26.8. The SMILES string of the molecule is Cc1cc(C)c2c(c1)C(C)(C)c1ccc(-c3cccc(N(c4ccc(-c5cccc6c5sc5ccccc56)cc4)c4ccccc4-c4ccccc4)c3)cc1-2. The van der Waals surface area contributed by atoms with Crippen molar-refractivity contribution in [3.05, 3.63) is 198 Å². The van der Waals surface area contributed by atoms with Crippen LogP contribution in [0.4, 0.5) is 17.1 Å². The third-order valence-corrected chi connectivity index (χ3v) is 12.8. The Kier molecular flexibility index (Phi) is 7.87. The van der Waals surface area contributed by atoms with Crippen molar-refractivity contribution in [1.29, 1.82) is 0 Å². The Balaban J connectivity index is 1.11. The Bertz CT molecular complexity index is 2910. The number of para-hydroxylation sites is 1. The standard InChI is InChI=1S/C53H41NS/c1-34-30-35(2)51-46-33-39(26-29-47(46)53(3,4)48(51)31-34)38-16-12-17-41(32-38)54(49-22-10-8-18-42(49)36-14-6-5-7-15-36)40-27-24-37(25-28-40)43-20-13-21-45-44-19-9-11-23-50(44)55-52(43)45/h5-33H,1-4H3. The van der Waals surface area contributed by atoms with Gasteiger partial charge in [0.15, 0.2) is 0 Å². The Morgan fingerprint density at radius 1 is 0.455 bits per heavy atom. The minimum absolute atomic E-state index is 0.0333. The normalized spacial score (nSPS) is 12.9. The van der Waals surface area contributed by atoms with Crippen molar-refractivity contribution in [2.24, 2.45) is 0 Å². The second-order valence-electron chi connectivity index (χ2n) is 15.5. The van der Waals surface area contributed by atoms with Crippen molar-refractivity contribution >= 4 is 48.6 Å². The van der Waals surface area contributed by atoms with Crippen molar-refractivity contribution < 1.29 is 0 Å². The third kappa shape index (κ3) is 5.51. The molecule has 1 heterocycles. The van der Waals surface area contributed by atoms with Gasteiger partial charge in [-0.2, -0.15) is 0 Å². The maximum atomic E-state index is 2.43. The fraction of sp³-hybridized carbons (Fsp3) is 0.0943. The Morgan fingerprint density at radius 3 is 1.96 bits per heavy atom. The molecule has 264 valence electrons. The molecule has 10 rings (SSSR count). The van der Waals surface area contributed by atoms with E-state index in [1.807, 2.05) is 11.3 Å². The van der Waals surface area contributed by atoms with E-state index in [0.29, 0.717) is 0 Å². The molecule has 0 radical (unpaired) electrons. The van der Waals surface area contributed by atoms with Crippen molar-refractivity contribution in [2.75, 3.05) is 4.90 Å². The molecule has 0 N–H and O–H groups in total. The minimum atomic E-state index is -0.0333. The summed E-state index contributed by atoms with van der Waals surface area (Å²) in [7, 11) is 0. The Morgan fingerprint density at radius 2 is 1.11 bits per heavy atom. The zero-order valence-electron chi connectivity index (χ0n) is 31.6. The summed E-state index contributed by atoms with van der Waals surface area (Å²) in [5.41, 5.74) is 18.9. The number of thiophene rings is 1. The number of nitrogens with zero attached hydrogens (tertiary/aromatic N) is 1. The quantitative estimate of drug-likeness (QED) is 0.165. The highest BCUT2D eigenvalue weighted by Crippen LogP contribution is 2.52. The highest BCUT2D eigenvalue weighted by molar-refractivity contribution is 7.26. The summed E-state index contributed by atoms with van der Waals surface area (Å²) in [6.07, 6.45) is 0. The fourth-order valence-corrected chi connectivity index (χ4v) is 10.2. The van der Waals surface area contributed by atoms with Gasteiger partial charge in [-0.25, -0.2) is 0 Å². The van der Waals surface area contributed by atoms with Crippen molar-refractivity contribution in [3.63, 3.8) is 0 Å². The van der Waals surface area contributed by atoms with E-state index >= 15 is 0 Å². The summed E-state index contributed by atoms with van der Waals surface area (Å²) in [4.78, 5) is 2.42. The molecule has 1 aromatic heterocycles. The van der Waals surface area contributed by atoms with E-state index in [9.17, 15) is 0 Å². The van der Waals surface area contributed by atoms with Gasteiger partial charge in [-0.15, -0.1) is 11.3 Å². The second-order valence-corrected chi connectivity index (χ2v) is 16.5. The van der Waals surface area contributed by atoms with Gasteiger partial charge < -0.3 is 4.90 Å². The molecule has 0 unspecified atom stereocenters. The summed E-state index contributed by atoms with van der Waals surface area (Å²) < 4.78 is 2.66. The average molecular weight is 724 g/mol. The van der Waals surface area contributed by atoms with Crippen molar-refractivity contribution in [2.45, 2.75) is 33.1 Å². The molecule has 1 aliphatic carbocycles. The molecule has 0 saturated carbocycles. The fourth-order valence-electron chi connectivity index (χ4n) is 8.99. The number of hydrogen-bond donors (Lipinski definition) is 0. The molecule has 8 aromatic carbocycles. The van der Waals surface area contributed by atoms with Gasteiger partial charge in [0.1, 0.15) is 0 Å². The lowest BCUT2D eigenvalue weighted by Gasteiger charge is -2.28. The van der Waals surface area contributed by atoms with Crippen LogP contribution >= 0.6 is 11.3 Å². The first kappa shape index (κ1) is 33.4. The number of rotatable bonds is 6. The molecule has 55 heavy (non-hydrogen) atoms. The highest BCUT2D eigenvalue weighted by Gasteiger charge is 2.36. The number of benzene rings is 8. The van der Waals surface area contributed by atoms with Crippen LogP contribution in [-0.4, -0.2) is 0 Å². The molecule has 0 fully saturated rings. The summed E-state index contributed by atoms with van der Waals surface area (Å²) >= 11 is 1.88. The second kappa shape index (κ2) is 13.0. The topological polar surface area (TPSA) is 3.24 Å². The van der Waals surface area contributed by atoms with Gasteiger partial charge in [0.05, 0.1) is 5.69 Å². The Labute approximate surface area is 327 Å². The van der Waals surface area contributed by atoms with E-state index < -0.39 is 0 Å². The number of fused-ring (bicyclic) bond motifs is 6. The van der Waals surface area contributed by atoms with Gasteiger partial charge in [0.2, 0.25) is 0 Å². The van der Waals surface area contributed by atoms with E-state index in [4.69, 9.17) is 0 Å². The molecule has 1 aliphatic rings.